The lowest BCUT2D eigenvalue weighted by Gasteiger charge is -2.24. The molecule has 2 aromatic carbocycles. The second kappa shape index (κ2) is 5.51. The third-order valence-electron chi connectivity index (χ3n) is 3.52. The Morgan fingerprint density at radius 2 is 1.72 bits per heavy atom. The Labute approximate surface area is 109 Å². The number of likely N-dealkylation sites (N-methyl/N-ethyl adjacent to an activating group) is 1. The highest BCUT2D eigenvalue weighted by molar-refractivity contribution is 5.85. The molecule has 0 radical (unpaired) electrons. The van der Waals surface area contributed by atoms with Gasteiger partial charge in [0, 0.05) is 12.6 Å². The third kappa shape index (κ3) is 2.71. The van der Waals surface area contributed by atoms with Crippen molar-refractivity contribution in [1.29, 1.82) is 0 Å². The van der Waals surface area contributed by atoms with Crippen LogP contribution in [0.15, 0.2) is 42.5 Å². The Bertz CT molecular complexity index is 516. The topological polar surface area (TPSA) is 23.5 Å². The molecule has 0 aliphatic rings. The van der Waals surface area contributed by atoms with Gasteiger partial charge in [0.15, 0.2) is 0 Å². The van der Waals surface area contributed by atoms with Crippen LogP contribution in [-0.2, 0) is 0 Å². The fraction of sp³-hybridized carbons (Fsp3) is 0.375. The van der Waals surface area contributed by atoms with Gasteiger partial charge < -0.3 is 10.0 Å². The van der Waals surface area contributed by atoms with E-state index >= 15 is 0 Å². The highest BCUT2D eigenvalue weighted by atomic mass is 16.3. The number of nitrogens with zero attached hydrogens (tertiary/aromatic N) is 1. The summed E-state index contributed by atoms with van der Waals surface area (Å²) in [6.45, 7) is 4.93. The summed E-state index contributed by atoms with van der Waals surface area (Å²) in [7, 11) is 2.04. The molecule has 0 spiro atoms. The maximum absolute atomic E-state index is 10.4. The Morgan fingerprint density at radius 1 is 1.06 bits per heavy atom. The van der Waals surface area contributed by atoms with Gasteiger partial charge in [0.1, 0.15) is 0 Å². The molecule has 2 aromatic rings. The zero-order valence-electron chi connectivity index (χ0n) is 11.3. The molecule has 1 atom stereocenters. The Balaban J connectivity index is 2.30. The Hall–Kier alpha value is -1.38. The van der Waals surface area contributed by atoms with Gasteiger partial charge in [0.2, 0.25) is 0 Å². The molecule has 0 aliphatic heterocycles. The molecule has 0 aromatic heterocycles. The highest BCUT2D eigenvalue weighted by Gasteiger charge is 2.14. The first-order valence-corrected chi connectivity index (χ1v) is 6.45. The van der Waals surface area contributed by atoms with Gasteiger partial charge in [0.25, 0.3) is 0 Å². The minimum atomic E-state index is -0.441. The fourth-order valence-corrected chi connectivity index (χ4v) is 2.12. The molecule has 2 rings (SSSR count). The van der Waals surface area contributed by atoms with E-state index in [4.69, 9.17) is 0 Å². The van der Waals surface area contributed by atoms with Crippen LogP contribution in [0.1, 0.15) is 25.5 Å². The predicted octanol–water partition coefficient (Wildman–Crippen LogP) is 3.21. The number of rotatable bonds is 4. The summed E-state index contributed by atoms with van der Waals surface area (Å²) in [5.41, 5.74) is 1.01. The van der Waals surface area contributed by atoms with E-state index < -0.39 is 6.10 Å². The average molecular weight is 243 g/mol. The molecule has 0 saturated carbocycles. The molecule has 1 unspecified atom stereocenters. The van der Waals surface area contributed by atoms with Crippen molar-refractivity contribution < 1.29 is 5.11 Å². The average Bonchev–Trinajstić information content (AvgIpc) is 2.37. The van der Waals surface area contributed by atoms with Crippen LogP contribution >= 0.6 is 0 Å². The minimum Gasteiger partial charge on any atom is -0.387 e. The van der Waals surface area contributed by atoms with Crippen LogP contribution in [0.5, 0.6) is 0 Å². The first-order chi connectivity index (χ1) is 8.59. The Morgan fingerprint density at radius 3 is 2.44 bits per heavy atom. The molecule has 0 heterocycles. The van der Waals surface area contributed by atoms with Crippen molar-refractivity contribution in [1.82, 2.24) is 4.90 Å². The fourth-order valence-electron chi connectivity index (χ4n) is 2.12. The van der Waals surface area contributed by atoms with Crippen LogP contribution in [-0.4, -0.2) is 29.6 Å². The SMILES string of the molecule is CC(C)N(C)CC(O)c1cccc2ccccc12. The first kappa shape index (κ1) is 13.1. The van der Waals surface area contributed by atoms with Crippen LogP contribution in [0.25, 0.3) is 10.8 Å². The summed E-state index contributed by atoms with van der Waals surface area (Å²) in [5.74, 6) is 0. The quantitative estimate of drug-likeness (QED) is 0.891. The number of benzene rings is 2. The van der Waals surface area contributed by atoms with Gasteiger partial charge in [-0.15, -0.1) is 0 Å². The predicted molar refractivity (Wildman–Crippen MR) is 76.7 cm³/mol. The van der Waals surface area contributed by atoms with Gasteiger partial charge in [-0.3, -0.25) is 0 Å². The van der Waals surface area contributed by atoms with Gasteiger partial charge in [0.05, 0.1) is 6.10 Å². The van der Waals surface area contributed by atoms with Gasteiger partial charge in [-0.2, -0.15) is 0 Å². The lowest BCUT2D eigenvalue weighted by Crippen LogP contribution is -2.30. The molecule has 0 bridgehead atoms. The first-order valence-electron chi connectivity index (χ1n) is 6.45. The summed E-state index contributed by atoms with van der Waals surface area (Å²) in [6.07, 6.45) is -0.441. The Kier molecular flexibility index (Phi) is 4.00. The maximum Gasteiger partial charge on any atom is 0.0922 e. The molecule has 0 aliphatic carbocycles. The van der Waals surface area contributed by atoms with Crippen molar-refractivity contribution >= 4 is 10.8 Å². The van der Waals surface area contributed by atoms with Gasteiger partial charge in [-0.25, -0.2) is 0 Å². The molecule has 96 valence electrons. The second-order valence-electron chi connectivity index (χ2n) is 5.12. The highest BCUT2D eigenvalue weighted by Crippen LogP contribution is 2.24. The van der Waals surface area contributed by atoms with Crippen molar-refractivity contribution in [2.75, 3.05) is 13.6 Å². The standard InChI is InChI=1S/C16H21NO/c1-12(2)17(3)11-16(18)15-10-6-8-13-7-4-5-9-14(13)15/h4-10,12,16,18H,11H2,1-3H3. The maximum atomic E-state index is 10.4. The van der Waals surface area contributed by atoms with E-state index in [0.717, 1.165) is 10.9 Å². The molecule has 1 N–H and O–H groups in total. The van der Waals surface area contributed by atoms with Crippen LogP contribution in [0.4, 0.5) is 0 Å². The van der Waals surface area contributed by atoms with Crippen molar-refractivity contribution in [3.05, 3.63) is 48.0 Å². The number of aliphatic hydroxyl groups excluding tert-OH is 1. The molecular weight excluding hydrogens is 222 g/mol. The third-order valence-corrected chi connectivity index (χ3v) is 3.52. The lowest BCUT2D eigenvalue weighted by molar-refractivity contribution is 0.113. The lowest BCUT2D eigenvalue weighted by atomic mass is 10.00. The van der Waals surface area contributed by atoms with Gasteiger partial charge in [-0.05, 0) is 37.2 Å². The summed E-state index contributed by atoms with van der Waals surface area (Å²) in [4.78, 5) is 2.16. The minimum absolute atomic E-state index is 0.439. The van der Waals surface area contributed by atoms with Gasteiger partial charge in [-0.1, -0.05) is 42.5 Å². The van der Waals surface area contributed by atoms with E-state index in [1.807, 2.05) is 31.3 Å². The molecule has 18 heavy (non-hydrogen) atoms. The van der Waals surface area contributed by atoms with E-state index in [9.17, 15) is 5.11 Å². The molecule has 0 amide bonds. The summed E-state index contributed by atoms with van der Waals surface area (Å²) < 4.78 is 0. The van der Waals surface area contributed by atoms with E-state index in [1.165, 1.54) is 5.39 Å². The summed E-state index contributed by atoms with van der Waals surface area (Å²) in [5, 5.41) is 12.7. The molecule has 2 heteroatoms. The van der Waals surface area contributed by atoms with Crippen LogP contribution in [0.3, 0.4) is 0 Å². The van der Waals surface area contributed by atoms with E-state index in [1.54, 1.807) is 0 Å². The van der Waals surface area contributed by atoms with Gasteiger partial charge >= 0.3 is 0 Å². The van der Waals surface area contributed by atoms with Crippen LogP contribution < -0.4 is 0 Å². The molecule has 2 nitrogen and oxygen atoms in total. The zero-order chi connectivity index (χ0) is 13.1. The monoisotopic (exact) mass is 243 g/mol. The second-order valence-corrected chi connectivity index (χ2v) is 5.12. The van der Waals surface area contributed by atoms with Crippen molar-refractivity contribution in [2.24, 2.45) is 0 Å². The van der Waals surface area contributed by atoms with Crippen molar-refractivity contribution in [2.45, 2.75) is 26.0 Å². The summed E-state index contributed by atoms with van der Waals surface area (Å²) in [6, 6.07) is 14.7. The van der Waals surface area contributed by atoms with E-state index in [0.29, 0.717) is 12.6 Å². The zero-order valence-corrected chi connectivity index (χ0v) is 11.3. The summed E-state index contributed by atoms with van der Waals surface area (Å²) >= 11 is 0. The smallest absolute Gasteiger partial charge is 0.0922 e. The van der Waals surface area contributed by atoms with Crippen LogP contribution in [0.2, 0.25) is 0 Å². The number of hydrogen-bond donors (Lipinski definition) is 1. The number of fused-ring (bicyclic) bond motifs is 1. The van der Waals surface area contributed by atoms with Crippen LogP contribution in [0, 0.1) is 0 Å². The number of hydrogen-bond acceptors (Lipinski definition) is 2. The largest absolute Gasteiger partial charge is 0.387 e. The van der Waals surface area contributed by atoms with E-state index in [2.05, 4.69) is 36.9 Å². The van der Waals surface area contributed by atoms with Crippen molar-refractivity contribution in [3.8, 4) is 0 Å². The van der Waals surface area contributed by atoms with Crippen molar-refractivity contribution in [3.63, 3.8) is 0 Å². The molecule has 0 saturated heterocycles. The molecule has 0 fully saturated rings. The number of aliphatic hydroxyl groups is 1. The van der Waals surface area contributed by atoms with E-state index in [-0.39, 0.29) is 0 Å². The normalized spacial score (nSPS) is 13.4. The molecular formula is C16H21NO.